The van der Waals surface area contributed by atoms with Gasteiger partial charge in [-0.25, -0.2) is 0 Å². The Morgan fingerprint density at radius 3 is 2.64 bits per heavy atom. The Balaban J connectivity index is 2.23. The number of nitrogens with one attached hydrogen (secondary N) is 3. The molecule has 0 aliphatic rings. The van der Waals surface area contributed by atoms with E-state index in [1.807, 2.05) is 0 Å². The van der Waals surface area contributed by atoms with Crippen LogP contribution in [0.2, 0.25) is 0 Å². The van der Waals surface area contributed by atoms with Gasteiger partial charge in [0.15, 0.2) is 0 Å². The summed E-state index contributed by atoms with van der Waals surface area (Å²) < 4.78 is 5.13. The second kappa shape index (κ2) is 6.48. The Kier molecular flexibility index (Phi) is 4.67. The van der Waals surface area contributed by atoms with E-state index < -0.39 is 24.0 Å². The minimum absolute atomic E-state index is 0.304. The maximum atomic E-state index is 12.2. The lowest BCUT2D eigenvalue weighted by Gasteiger charge is -2.19. The molecule has 0 bridgehead atoms. The molecule has 0 radical (unpaired) electrons. The van der Waals surface area contributed by atoms with Gasteiger partial charge in [-0.05, 0) is 31.2 Å². The third kappa shape index (κ3) is 3.20. The summed E-state index contributed by atoms with van der Waals surface area (Å²) in [6.07, 6.45) is -1.01. The van der Waals surface area contributed by atoms with E-state index in [4.69, 9.17) is 4.74 Å². The molecule has 2 rings (SSSR count). The predicted molar refractivity (Wildman–Crippen MR) is 81.9 cm³/mol. The number of methoxy groups -OCH3 is 1. The van der Waals surface area contributed by atoms with Gasteiger partial charge in [-0.3, -0.25) is 9.59 Å². The third-order valence-corrected chi connectivity index (χ3v) is 3.37. The van der Waals surface area contributed by atoms with Crippen molar-refractivity contribution in [1.82, 2.24) is 15.6 Å². The highest BCUT2D eigenvalue weighted by Gasteiger charge is 2.25. The second-order valence-electron chi connectivity index (χ2n) is 4.94. The van der Waals surface area contributed by atoms with Crippen LogP contribution >= 0.6 is 0 Å². The maximum absolute atomic E-state index is 12.2. The van der Waals surface area contributed by atoms with Crippen LogP contribution in [0.3, 0.4) is 0 Å². The number of aromatic amines is 1. The van der Waals surface area contributed by atoms with Crippen LogP contribution in [0.15, 0.2) is 24.3 Å². The number of hydrogen-bond acceptors (Lipinski definition) is 4. The summed E-state index contributed by atoms with van der Waals surface area (Å²) in [5.41, 5.74) is 1.08. The summed E-state index contributed by atoms with van der Waals surface area (Å²) in [5.74, 6) is -0.239. The smallest absolute Gasteiger partial charge is 0.268 e. The van der Waals surface area contributed by atoms with E-state index >= 15 is 0 Å². The molecular formula is C15H19N3O4. The van der Waals surface area contributed by atoms with E-state index in [2.05, 4.69) is 15.6 Å². The first kappa shape index (κ1) is 15.8. The van der Waals surface area contributed by atoms with Crippen LogP contribution in [0, 0.1) is 0 Å². The van der Waals surface area contributed by atoms with Crippen LogP contribution in [0.1, 0.15) is 17.4 Å². The first-order chi connectivity index (χ1) is 10.5. The van der Waals surface area contributed by atoms with Crippen LogP contribution in [-0.2, 0) is 4.79 Å². The summed E-state index contributed by atoms with van der Waals surface area (Å²) >= 11 is 0. The van der Waals surface area contributed by atoms with Crippen molar-refractivity contribution < 1.29 is 19.4 Å². The van der Waals surface area contributed by atoms with E-state index in [0.29, 0.717) is 11.4 Å². The number of rotatable bonds is 5. The number of aromatic nitrogens is 1. The van der Waals surface area contributed by atoms with Crippen molar-refractivity contribution in [2.45, 2.75) is 19.1 Å². The average Bonchev–Trinajstić information content (AvgIpc) is 2.94. The van der Waals surface area contributed by atoms with Crippen molar-refractivity contribution in [3.63, 3.8) is 0 Å². The normalized spacial score (nSPS) is 13.5. The molecule has 1 aromatic heterocycles. The minimum atomic E-state index is -1.02. The zero-order chi connectivity index (χ0) is 16.3. The summed E-state index contributed by atoms with van der Waals surface area (Å²) in [5, 5.41) is 15.3. The standard InChI is InChI=1S/C15H19N3O4/c1-8(19)13(15(21)16-2)18-14(20)12-7-9-6-10(22-3)4-5-11(9)17-12/h4-8,13,17,19H,1-3H3,(H,16,21)(H,18,20)/t8-,13+/m1/s1. The number of amides is 2. The number of ether oxygens (including phenoxy) is 1. The van der Waals surface area contributed by atoms with Gasteiger partial charge in [0.1, 0.15) is 17.5 Å². The number of H-pyrrole nitrogens is 1. The Hall–Kier alpha value is -2.54. The molecule has 2 aromatic rings. The quantitative estimate of drug-likeness (QED) is 0.642. The maximum Gasteiger partial charge on any atom is 0.268 e. The lowest BCUT2D eigenvalue weighted by Crippen LogP contribution is -2.51. The number of hydrogen-bond donors (Lipinski definition) is 4. The zero-order valence-corrected chi connectivity index (χ0v) is 12.6. The van der Waals surface area contributed by atoms with E-state index in [1.54, 1.807) is 31.4 Å². The van der Waals surface area contributed by atoms with Crippen molar-refractivity contribution in [2.75, 3.05) is 14.2 Å². The van der Waals surface area contributed by atoms with Gasteiger partial charge in [0, 0.05) is 18.0 Å². The monoisotopic (exact) mass is 305 g/mol. The van der Waals surface area contributed by atoms with Crippen LogP contribution in [0.5, 0.6) is 5.75 Å². The number of aliphatic hydroxyl groups is 1. The van der Waals surface area contributed by atoms with E-state index in [1.165, 1.54) is 14.0 Å². The van der Waals surface area contributed by atoms with E-state index in [0.717, 1.165) is 10.9 Å². The van der Waals surface area contributed by atoms with Crippen LogP contribution in [0.25, 0.3) is 10.9 Å². The van der Waals surface area contributed by atoms with Gasteiger partial charge in [-0.2, -0.15) is 0 Å². The largest absolute Gasteiger partial charge is 0.497 e. The van der Waals surface area contributed by atoms with Gasteiger partial charge in [0.05, 0.1) is 13.2 Å². The molecular weight excluding hydrogens is 286 g/mol. The molecule has 7 nitrogen and oxygen atoms in total. The van der Waals surface area contributed by atoms with Crippen molar-refractivity contribution in [3.05, 3.63) is 30.0 Å². The van der Waals surface area contributed by atoms with Gasteiger partial charge < -0.3 is 25.5 Å². The fraction of sp³-hybridized carbons (Fsp3) is 0.333. The fourth-order valence-electron chi connectivity index (χ4n) is 2.14. The number of aliphatic hydroxyl groups excluding tert-OH is 1. The Morgan fingerprint density at radius 1 is 1.32 bits per heavy atom. The predicted octanol–water partition coefficient (Wildman–Crippen LogP) is 0.402. The van der Waals surface area contributed by atoms with Gasteiger partial charge in [-0.1, -0.05) is 0 Å². The first-order valence-corrected chi connectivity index (χ1v) is 6.83. The number of fused-ring (bicyclic) bond motifs is 1. The number of carbonyl (C=O) groups excluding carboxylic acids is 2. The Bertz CT molecular complexity index is 693. The molecule has 0 aliphatic carbocycles. The van der Waals surface area contributed by atoms with Crippen LogP contribution < -0.4 is 15.4 Å². The molecule has 0 saturated carbocycles. The van der Waals surface area contributed by atoms with E-state index in [-0.39, 0.29) is 0 Å². The van der Waals surface area contributed by atoms with E-state index in [9.17, 15) is 14.7 Å². The average molecular weight is 305 g/mol. The molecule has 118 valence electrons. The number of carbonyl (C=O) groups is 2. The Morgan fingerprint density at radius 2 is 2.05 bits per heavy atom. The van der Waals surface area contributed by atoms with Gasteiger partial charge in [-0.15, -0.1) is 0 Å². The van der Waals surface area contributed by atoms with Gasteiger partial charge in [0.2, 0.25) is 5.91 Å². The first-order valence-electron chi connectivity index (χ1n) is 6.83. The molecule has 0 unspecified atom stereocenters. The van der Waals surface area contributed by atoms with Crippen LogP contribution in [0.4, 0.5) is 0 Å². The highest BCUT2D eigenvalue weighted by atomic mass is 16.5. The van der Waals surface area contributed by atoms with Crippen molar-refractivity contribution >= 4 is 22.7 Å². The van der Waals surface area contributed by atoms with Crippen molar-refractivity contribution in [3.8, 4) is 5.75 Å². The molecule has 7 heteroatoms. The highest BCUT2D eigenvalue weighted by Crippen LogP contribution is 2.21. The molecule has 4 N–H and O–H groups in total. The lowest BCUT2D eigenvalue weighted by atomic mass is 10.1. The molecule has 0 aliphatic heterocycles. The van der Waals surface area contributed by atoms with Crippen molar-refractivity contribution in [1.29, 1.82) is 0 Å². The summed E-state index contributed by atoms with van der Waals surface area (Å²) in [7, 11) is 3.01. The molecule has 1 heterocycles. The summed E-state index contributed by atoms with van der Waals surface area (Å²) in [6, 6.07) is 6.03. The fourth-order valence-corrected chi connectivity index (χ4v) is 2.14. The molecule has 2 amide bonds. The topological polar surface area (TPSA) is 103 Å². The number of benzene rings is 1. The summed E-state index contributed by atoms with van der Waals surface area (Å²) in [6.45, 7) is 1.44. The zero-order valence-electron chi connectivity index (χ0n) is 12.6. The lowest BCUT2D eigenvalue weighted by molar-refractivity contribution is -0.124. The van der Waals surface area contributed by atoms with Crippen LogP contribution in [-0.4, -0.2) is 48.2 Å². The Labute approximate surface area is 127 Å². The highest BCUT2D eigenvalue weighted by molar-refractivity contribution is 6.00. The van der Waals surface area contributed by atoms with Gasteiger partial charge >= 0.3 is 0 Å². The van der Waals surface area contributed by atoms with Crippen molar-refractivity contribution in [2.24, 2.45) is 0 Å². The SMILES string of the molecule is CNC(=O)[C@@H](NC(=O)c1cc2cc(OC)ccc2[nH]1)[C@@H](C)O. The molecule has 2 atom stereocenters. The number of likely N-dealkylation sites (N-methyl/N-ethyl adjacent to an activating group) is 1. The van der Waals surface area contributed by atoms with Gasteiger partial charge in [0.25, 0.3) is 5.91 Å². The molecule has 22 heavy (non-hydrogen) atoms. The minimum Gasteiger partial charge on any atom is -0.497 e. The molecule has 0 saturated heterocycles. The second-order valence-corrected chi connectivity index (χ2v) is 4.94. The summed E-state index contributed by atoms with van der Waals surface area (Å²) in [4.78, 5) is 26.9. The molecule has 0 spiro atoms. The third-order valence-electron chi connectivity index (χ3n) is 3.37. The molecule has 0 fully saturated rings. The molecule has 1 aromatic carbocycles.